The quantitative estimate of drug-likeness (QED) is 0.872. The van der Waals surface area contributed by atoms with Gasteiger partial charge in [-0.3, -0.25) is 14.7 Å². The molecule has 3 heteroatoms. The SMILES string of the molecule is O=C1C2CCN(CC2)C1C(c1ccccc1)c1ccncc1. The van der Waals surface area contributed by atoms with Gasteiger partial charge in [-0.25, -0.2) is 0 Å². The van der Waals surface area contributed by atoms with Crippen LogP contribution in [0.25, 0.3) is 0 Å². The van der Waals surface area contributed by atoms with Crippen LogP contribution in [0.15, 0.2) is 54.9 Å². The molecular formula is C19H20N2O. The van der Waals surface area contributed by atoms with Crippen molar-refractivity contribution in [2.75, 3.05) is 13.1 Å². The van der Waals surface area contributed by atoms with E-state index in [4.69, 9.17) is 0 Å². The molecule has 0 amide bonds. The van der Waals surface area contributed by atoms with Crippen LogP contribution in [0.4, 0.5) is 0 Å². The molecule has 4 heterocycles. The second-order valence-electron chi connectivity index (χ2n) is 6.33. The first-order valence-corrected chi connectivity index (χ1v) is 8.07. The number of nitrogens with zero attached hydrogens (tertiary/aromatic N) is 2. The largest absolute Gasteiger partial charge is 0.298 e. The lowest BCUT2D eigenvalue weighted by molar-refractivity contribution is -0.137. The van der Waals surface area contributed by atoms with Gasteiger partial charge < -0.3 is 0 Å². The number of hydrogen-bond donors (Lipinski definition) is 0. The molecule has 3 fully saturated rings. The van der Waals surface area contributed by atoms with Gasteiger partial charge in [0.2, 0.25) is 0 Å². The Bertz CT molecular complexity index is 608. The van der Waals surface area contributed by atoms with Crippen LogP contribution in [0.3, 0.4) is 0 Å². The van der Waals surface area contributed by atoms with Gasteiger partial charge >= 0.3 is 0 Å². The molecule has 1 aromatic heterocycles. The normalized spacial score (nSPS) is 28.5. The molecule has 2 aromatic rings. The summed E-state index contributed by atoms with van der Waals surface area (Å²) in [6.07, 6.45) is 5.72. The number of rotatable bonds is 3. The van der Waals surface area contributed by atoms with E-state index in [0.717, 1.165) is 25.9 Å². The predicted octanol–water partition coefficient (Wildman–Crippen LogP) is 2.88. The van der Waals surface area contributed by atoms with Crippen LogP contribution in [0.1, 0.15) is 29.9 Å². The van der Waals surface area contributed by atoms with Crippen LogP contribution >= 0.6 is 0 Å². The molecule has 0 spiro atoms. The second-order valence-corrected chi connectivity index (χ2v) is 6.33. The molecule has 3 aliphatic rings. The Morgan fingerprint density at radius 3 is 2.23 bits per heavy atom. The maximum atomic E-state index is 12.9. The molecule has 3 saturated heterocycles. The highest BCUT2D eigenvalue weighted by atomic mass is 16.1. The van der Waals surface area contributed by atoms with Crippen molar-refractivity contribution in [3.63, 3.8) is 0 Å². The Kier molecular flexibility index (Phi) is 3.51. The molecule has 0 N–H and O–H groups in total. The summed E-state index contributed by atoms with van der Waals surface area (Å²) in [5, 5.41) is 0. The van der Waals surface area contributed by atoms with Gasteiger partial charge in [0.05, 0.1) is 6.04 Å². The van der Waals surface area contributed by atoms with E-state index >= 15 is 0 Å². The van der Waals surface area contributed by atoms with Gasteiger partial charge in [0.15, 0.2) is 5.78 Å². The lowest BCUT2D eigenvalue weighted by Crippen LogP contribution is -2.57. The highest BCUT2D eigenvalue weighted by molar-refractivity contribution is 5.89. The Morgan fingerprint density at radius 1 is 0.955 bits per heavy atom. The molecule has 2 unspecified atom stereocenters. The third kappa shape index (κ3) is 2.26. The van der Waals surface area contributed by atoms with Crippen molar-refractivity contribution in [3.8, 4) is 0 Å². The van der Waals surface area contributed by atoms with Crippen molar-refractivity contribution in [3.05, 3.63) is 66.0 Å². The lowest BCUT2D eigenvalue weighted by atomic mass is 9.73. The standard InChI is InChI=1S/C19H20N2O/c22-19-16-8-12-21(13-9-16)18(19)17(14-4-2-1-3-5-14)15-6-10-20-11-7-15/h1-7,10-11,16-18H,8-9,12-13H2. The summed E-state index contributed by atoms with van der Waals surface area (Å²) in [5.74, 6) is 0.811. The summed E-state index contributed by atoms with van der Waals surface area (Å²) in [6, 6.07) is 14.5. The fourth-order valence-electron chi connectivity index (χ4n) is 4.05. The van der Waals surface area contributed by atoms with E-state index in [2.05, 4.69) is 34.1 Å². The predicted molar refractivity (Wildman–Crippen MR) is 85.6 cm³/mol. The molecule has 0 saturated carbocycles. The van der Waals surface area contributed by atoms with E-state index in [-0.39, 0.29) is 17.9 Å². The van der Waals surface area contributed by atoms with Gasteiger partial charge in [0, 0.05) is 24.2 Å². The van der Waals surface area contributed by atoms with E-state index in [1.165, 1.54) is 11.1 Å². The third-order valence-electron chi connectivity index (χ3n) is 5.16. The van der Waals surface area contributed by atoms with Crippen molar-refractivity contribution in [1.82, 2.24) is 9.88 Å². The topological polar surface area (TPSA) is 33.2 Å². The minimum Gasteiger partial charge on any atom is -0.298 e. The van der Waals surface area contributed by atoms with E-state index in [0.29, 0.717) is 5.78 Å². The van der Waals surface area contributed by atoms with Crippen LogP contribution < -0.4 is 0 Å². The average Bonchev–Trinajstić information content (AvgIpc) is 2.60. The fraction of sp³-hybridized carbons (Fsp3) is 0.368. The fourth-order valence-corrected chi connectivity index (χ4v) is 4.05. The average molecular weight is 292 g/mol. The van der Waals surface area contributed by atoms with Crippen LogP contribution in [-0.4, -0.2) is 34.8 Å². The Balaban J connectivity index is 1.79. The number of fused-ring (bicyclic) bond motifs is 3. The summed E-state index contributed by atoms with van der Waals surface area (Å²) >= 11 is 0. The van der Waals surface area contributed by atoms with E-state index < -0.39 is 0 Å². The highest BCUT2D eigenvalue weighted by Gasteiger charge is 2.45. The van der Waals surface area contributed by atoms with Gasteiger partial charge in [0.25, 0.3) is 0 Å². The number of carbonyl (C=O) groups excluding carboxylic acids is 1. The summed E-state index contributed by atoms with van der Waals surface area (Å²) in [4.78, 5) is 19.4. The zero-order chi connectivity index (χ0) is 14.9. The van der Waals surface area contributed by atoms with Gasteiger partial charge in [-0.1, -0.05) is 30.3 Å². The lowest BCUT2D eigenvalue weighted by Gasteiger charge is -2.47. The highest BCUT2D eigenvalue weighted by Crippen LogP contribution is 2.39. The number of piperidine rings is 3. The number of benzene rings is 1. The van der Waals surface area contributed by atoms with Crippen molar-refractivity contribution in [2.45, 2.75) is 24.8 Å². The molecule has 3 nitrogen and oxygen atoms in total. The summed E-state index contributed by atoms with van der Waals surface area (Å²) in [5.41, 5.74) is 2.41. The summed E-state index contributed by atoms with van der Waals surface area (Å²) < 4.78 is 0. The molecule has 3 aliphatic heterocycles. The Labute approximate surface area is 131 Å². The molecule has 2 atom stereocenters. The van der Waals surface area contributed by atoms with Crippen molar-refractivity contribution in [2.24, 2.45) is 5.92 Å². The van der Waals surface area contributed by atoms with Crippen molar-refractivity contribution < 1.29 is 4.79 Å². The number of ketones is 1. The maximum absolute atomic E-state index is 12.9. The molecule has 1 aromatic carbocycles. The Hall–Kier alpha value is -2.00. The molecular weight excluding hydrogens is 272 g/mol. The van der Waals surface area contributed by atoms with Crippen LogP contribution in [-0.2, 0) is 4.79 Å². The Morgan fingerprint density at radius 2 is 1.59 bits per heavy atom. The number of hydrogen-bond acceptors (Lipinski definition) is 3. The van der Waals surface area contributed by atoms with Gasteiger partial charge in [0.1, 0.15) is 0 Å². The first-order valence-electron chi connectivity index (χ1n) is 8.07. The molecule has 22 heavy (non-hydrogen) atoms. The molecule has 2 bridgehead atoms. The number of aromatic nitrogens is 1. The van der Waals surface area contributed by atoms with E-state index in [1.807, 2.05) is 30.6 Å². The van der Waals surface area contributed by atoms with Crippen molar-refractivity contribution >= 4 is 5.78 Å². The first-order chi connectivity index (χ1) is 10.8. The van der Waals surface area contributed by atoms with Crippen LogP contribution in [0.5, 0.6) is 0 Å². The monoisotopic (exact) mass is 292 g/mol. The van der Waals surface area contributed by atoms with Gasteiger partial charge in [-0.15, -0.1) is 0 Å². The zero-order valence-corrected chi connectivity index (χ0v) is 12.6. The van der Waals surface area contributed by atoms with Gasteiger partial charge in [-0.2, -0.15) is 0 Å². The second kappa shape index (κ2) is 5.65. The first kappa shape index (κ1) is 13.6. The summed E-state index contributed by atoms with van der Waals surface area (Å²) in [7, 11) is 0. The molecule has 112 valence electrons. The maximum Gasteiger partial charge on any atom is 0.154 e. The minimum absolute atomic E-state index is 0.0164. The summed E-state index contributed by atoms with van der Waals surface area (Å²) in [6.45, 7) is 2.10. The number of pyridine rings is 1. The minimum atomic E-state index is -0.0164. The number of Topliss-reactive ketones (excluding diaryl/α,β-unsaturated/α-hetero) is 1. The molecule has 5 rings (SSSR count). The smallest absolute Gasteiger partial charge is 0.154 e. The number of carbonyl (C=O) groups is 1. The molecule has 0 aliphatic carbocycles. The third-order valence-corrected chi connectivity index (χ3v) is 5.16. The van der Waals surface area contributed by atoms with E-state index in [9.17, 15) is 4.79 Å². The zero-order valence-electron chi connectivity index (χ0n) is 12.6. The van der Waals surface area contributed by atoms with Crippen LogP contribution in [0.2, 0.25) is 0 Å². The van der Waals surface area contributed by atoms with E-state index in [1.54, 1.807) is 0 Å². The molecule has 0 radical (unpaired) electrons. The van der Waals surface area contributed by atoms with Gasteiger partial charge in [-0.05, 0) is 49.2 Å². The van der Waals surface area contributed by atoms with Crippen molar-refractivity contribution in [1.29, 1.82) is 0 Å². The van der Waals surface area contributed by atoms with Crippen LogP contribution in [0, 0.1) is 5.92 Å².